The number of hydrogen-bond donors (Lipinski definition) is 1. The molecule has 0 bridgehead atoms. The Labute approximate surface area is 105 Å². The Kier molecular flexibility index (Phi) is 2.67. The number of benzene rings is 2. The van der Waals surface area contributed by atoms with E-state index in [2.05, 4.69) is 6.07 Å². The molecule has 0 aliphatic heterocycles. The lowest BCUT2D eigenvalue weighted by molar-refractivity contribution is 0.198. The Hall–Kier alpha value is -2.03. The second-order valence-corrected chi connectivity index (χ2v) is 4.53. The first-order valence-electron chi connectivity index (χ1n) is 6.03. The van der Waals surface area contributed by atoms with Crippen molar-refractivity contribution in [3.8, 4) is 5.75 Å². The van der Waals surface area contributed by atoms with Crippen LogP contribution in [-0.4, -0.2) is 0 Å². The van der Waals surface area contributed by atoms with E-state index in [4.69, 9.17) is 10.5 Å². The summed E-state index contributed by atoms with van der Waals surface area (Å²) in [4.78, 5) is 0. The average molecular weight is 243 g/mol. The first-order chi connectivity index (χ1) is 8.74. The van der Waals surface area contributed by atoms with Gasteiger partial charge in [0.1, 0.15) is 6.10 Å². The maximum absolute atomic E-state index is 13.7. The van der Waals surface area contributed by atoms with Crippen molar-refractivity contribution in [1.29, 1.82) is 0 Å². The first-order valence-corrected chi connectivity index (χ1v) is 6.03. The van der Waals surface area contributed by atoms with Crippen LogP contribution in [0.15, 0.2) is 42.5 Å². The van der Waals surface area contributed by atoms with Crippen molar-refractivity contribution in [3.63, 3.8) is 0 Å². The standard InChI is InChI=1S/C15H14FNO/c16-13-9-11(17)6-8-15(13)18-14-7-5-10-3-1-2-4-12(10)14/h1-4,6,8-9,14H,5,7,17H2. The lowest BCUT2D eigenvalue weighted by atomic mass is 10.1. The van der Waals surface area contributed by atoms with Crippen molar-refractivity contribution in [2.45, 2.75) is 18.9 Å². The number of anilines is 1. The monoisotopic (exact) mass is 243 g/mol. The Morgan fingerprint density at radius 2 is 2.00 bits per heavy atom. The van der Waals surface area contributed by atoms with Crippen molar-refractivity contribution < 1.29 is 9.13 Å². The zero-order valence-corrected chi connectivity index (χ0v) is 9.90. The zero-order valence-electron chi connectivity index (χ0n) is 9.90. The molecule has 1 unspecified atom stereocenters. The van der Waals surface area contributed by atoms with Crippen molar-refractivity contribution in [1.82, 2.24) is 0 Å². The van der Waals surface area contributed by atoms with Crippen LogP contribution in [0.5, 0.6) is 5.75 Å². The molecular weight excluding hydrogens is 229 g/mol. The Bertz CT molecular complexity index is 582. The minimum atomic E-state index is -0.403. The summed E-state index contributed by atoms with van der Waals surface area (Å²) in [7, 11) is 0. The second-order valence-electron chi connectivity index (χ2n) is 4.53. The Morgan fingerprint density at radius 1 is 1.17 bits per heavy atom. The van der Waals surface area contributed by atoms with E-state index < -0.39 is 5.82 Å². The van der Waals surface area contributed by atoms with Gasteiger partial charge in [0, 0.05) is 11.8 Å². The molecule has 2 nitrogen and oxygen atoms in total. The van der Waals surface area contributed by atoms with E-state index in [9.17, 15) is 4.39 Å². The number of nitrogen functional groups attached to an aromatic ring is 1. The molecule has 0 fully saturated rings. The van der Waals surface area contributed by atoms with Gasteiger partial charge in [-0.15, -0.1) is 0 Å². The molecule has 1 aliphatic carbocycles. The highest BCUT2D eigenvalue weighted by Crippen LogP contribution is 2.35. The van der Waals surface area contributed by atoms with E-state index in [-0.39, 0.29) is 11.9 Å². The molecule has 0 spiro atoms. The van der Waals surface area contributed by atoms with Crippen LogP contribution in [-0.2, 0) is 6.42 Å². The number of hydrogen-bond acceptors (Lipinski definition) is 2. The third-order valence-corrected chi connectivity index (χ3v) is 3.30. The highest BCUT2D eigenvalue weighted by Gasteiger charge is 2.24. The van der Waals surface area contributed by atoms with Crippen molar-refractivity contribution >= 4 is 5.69 Å². The van der Waals surface area contributed by atoms with Crippen LogP contribution in [0.1, 0.15) is 23.7 Å². The van der Waals surface area contributed by atoms with Crippen molar-refractivity contribution in [2.24, 2.45) is 0 Å². The van der Waals surface area contributed by atoms with Gasteiger partial charge >= 0.3 is 0 Å². The van der Waals surface area contributed by atoms with Gasteiger partial charge in [0.2, 0.25) is 0 Å². The van der Waals surface area contributed by atoms with Gasteiger partial charge in [-0.25, -0.2) is 4.39 Å². The minimum absolute atomic E-state index is 0.0562. The van der Waals surface area contributed by atoms with Gasteiger partial charge in [0.25, 0.3) is 0 Å². The number of fused-ring (bicyclic) bond motifs is 1. The van der Waals surface area contributed by atoms with E-state index in [1.165, 1.54) is 11.6 Å². The molecule has 92 valence electrons. The smallest absolute Gasteiger partial charge is 0.167 e. The quantitative estimate of drug-likeness (QED) is 0.820. The fraction of sp³-hybridized carbons (Fsp3) is 0.200. The van der Waals surface area contributed by atoms with Crippen LogP contribution in [0.2, 0.25) is 0 Å². The Morgan fingerprint density at radius 3 is 2.83 bits per heavy atom. The van der Waals surface area contributed by atoms with Crippen LogP contribution in [0, 0.1) is 5.82 Å². The number of halogens is 1. The molecule has 1 aliphatic rings. The van der Waals surface area contributed by atoms with Gasteiger partial charge in [-0.2, -0.15) is 0 Å². The number of nitrogens with two attached hydrogens (primary N) is 1. The summed E-state index contributed by atoms with van der Waals surface area (Å²) in [6.45, 7) is 0. The average Bonchev–Trinajstić information content (AvgIpc) is 2.76. The van der Waals surface area contributed by atoms with Gasteiger partial charge in [-0.1, -0.05) is 24.3 Å². The third-order valence-electron chi connectivity index (χ3n) is 3.30. The second kappa shape index (κ2) is 4.33. The van der Waals surface area contributed by atoms with Gasteiger partial charge in [-0.3, -0.25) is 0 Å². The van der Waals surface area contributed by atoms with Crippen molar-refractivity contribution in [2.75, 3.05) is 5.73 Å². The predicted molar refractivity (Wildman–Crippen MR) is 68.9 cm³/mol. The van der Waals surface area contributed by atoms with Gasteiger partial charge in [-0.05, 0) is 36.1 Å². The first kappa shape index (κ1) is 11.1. The maximum atomic E-state index is 13.7. The highest BCUT2D eigenvalue weighted by atomic mass is 19.1. The summed E-state index contributed by atoms with van der Waals surface area (Å²) >= 11 is 0. The molecule has 0 heterocycles. The molecule has 3 rings (SSSR count). The normalized spacial score (nSPS) is 17.5. The van der Waals surface area contributed by atoms with E-state index in [1.807, 2.05) is 18.2 Å². The van der Waals surface area contributed by atoms with Crippen LogP contribution in [0.4, 0.5) is 10.1 Å². The molecule has 0 saturated carbocycles. The fourth-order valence-electron chi connectivity index (χ4n) is 2.41. The van der Waals surface area contributed by atoms with E-state index in [0.29, 0.717) is 5.69 Å². The van der Waals surface area contributed by atoms with Gasteiger partial charge < -0.3 is 10.5 Å². The summed E-state index contributed by atoms with van der Waals surface area (Å²) in [5.41, 5.74) is 8.38. The summed E-state index contributed by atoms with van der Waals surface area (Å²) < 4.78 is 19.4. The topological polar surface area (TPSA) is 35.2 Å². The van der Waals surface area contributed by atoms with Gasteiger partial charge in [0.15, 0.2) is 11.6 Å². The Balaban J connectivity index is 1.86. The minimum Gasteiger partial charge on any atom is -0.483 e. The number of rotatable bonds is 2. The van der Waals surface area contributed by atoms with Crippen LogP contribution in [0.3, 0.4) is 0 Å². The summed E-state index contributed by atoms with van der Waals surface area (Å²) in [5.74, 6) is -0.134. The molecule has 1 atom stereocenters. The molecule has 2 N–H and O–H groups in total. The predicted octanol–water partition coefficient (Wildman–Crippen LogP) is 3.47. The molecule has 0 radical (unpaired) electrons. The maximum Gasteiger partial charge on any atom is 0.167 e. The molecule has 2 aromatic rings. The van der Waals surface area contributed by atoms with Crippen LogP contribution in [0.25, 0.3) is 0 Å². The summed E-state index contributed by atoms with van der Waals surface area (Å²) in [6, 6.07) is 12.7. The lowest BCUT2D eigenvalue weighted by Gasteiger charge is -2.15. The van der Waals surface area contributed by atoms with E-state index in [1.54, 1.807) is 12.1 Å². The fourth-order valence-corrected chi connectivity index (χ4v) is 2.41. The van der Waals surface area contributed by atoms with Crippen LogP contribution >= 0.6 is 0 Å². The molecular formula is C15H14FNO. The van der Waals surface area contributed by atoms with Crippen LogP contribution < -0.4 is 10.5 Å². The summed E-state index contributed by atoms with van der Waals surface area (Å²) in [5, 5.41) is 0. The molecule has 0 saturated heterocycles. The molecule has 18 heavy (non-hydrogen) atoms. The highest BCUT2D eigenvalue weighted by molar-refractivity contribution is 5.43. The SMILES string of the molecule is Nc1ccc(OC2CCc3ccccc32)c(F)c1. The van der Waals surface area contributed by atoms with E-state index in [0.717, 1.165) is 18.4 Å². The third kappa shape index (κ3) is 1.92. The van der Waals surface area contributed by atoms with E-state index >= 15 is 0 Å². The lowest BCUT2D eigenvalue weighted by Crippen LogP contribution is -2.05. The summed E-state index contributed by atoms with van der Waals surface area (Å²) in [6.07, 6.45) is 1.82. The molecule has 0 amide bonds. The number of ether oxygens (including phenoxy) is 1. The molecule has 2 aromatic carbocycles. The largest absolute Gasteiger partial charge is 0.483 e. The van der Waals surface area contributed by atoms with Crippen molar-refractivity contribution in [3.05, 3.63) is 59.4 Å². The zero-order chi connectivity index (χ0) is 12.5. The molecule has 3 heteroatoms. The van der Waals surface area contributed by atoms with Gasteiger partial charge in [0.05, 0.1) is 0 Å². The number of aryl methyl sites for hydroxylation is 1. The molecule has 0 aromatic heterocycles.